The standard InChI is InChI=1S/C24H34N2O5/c1-7-8-14-24(21(28)30-17-19-12-10-9-11-13-19)15-20(16-26(24)18(2)27)25(6)22(29)31-23(3,4)5/h7-13,20H,14-17H2,1-6H3/t20-,24?/m1/s1. The lowest BCUT2D eigenvalue weighted by Crippen LogP contribution is -2.53. The molecule has 0 aromatic heterocycles. The zero-order valence-electron chi connectivity index (χ0n) is 19.4. The topological polar surface area (TPSA) is 76.2 Å². The number of amides is 2. The summed E-state index contributed by atoms with van der Waals surface area (Å²) in [4.78, 5) is 41.5. The van der Waals surface area contributed by atoms with Crippen LogP contribution < -0.4 is 0 Å². The van der Waals surface area contributed by atoms with Gasteiger partial charge in [-0.2, -0.15) is 0 Å². The monoisotopic (exact) mass is 430 g/mol. The van der Waals surface area contributed by atoms with Crippen LogP contribution in [0.3, 0.4) is 0 Å². The molecular formula is C24H34N2O5. The van der Waals surface area contributed by atoms with Crippen LogP contribution in [0.15, 0.2) is 42.5 Å². The summed E-state index contributed by atoms with van der Waals surface area (Å²) >= 11 is 0. The molecule has 2 rings (SSSR count). The summed E-state index contributed by atoms with van der Waals surface area (Å²) in [7, 11) is 1.64. The Kier molecular flexibility index (Phi) is 7.87. The Hall–Kier alpha value is -2.83. The molecule has 0 bridgehead atoms. The van der Waals surface area contributed by atoms with E-state index < -0.39 is 23.2 Å². The number of benzene rings is 1. The Morgan fingerprint density at radius 3 is 2.42 bits per heavy atom. The van der Waals surface area contributed by atoms with Gasteiger partial charge >= 0.3 is 12.1 Å². The van der Waals surface area contributed by atoms with Gasteiger partial charge in [-0.25, -0.2) is 9.59 Å². The number of carbonyl (C=O) groups is 3. The molecule has 31 heavy (non-hydrogen) atoms. The zero-order chi connectivity index (χ0) is 23.2. The van der Waals surface area contributed by atoms with Crippen LogP contribution in [0.2, 0.25) is 0 Å². The number of nitrogens with zero attached hydrogens (tertiary/aromatic N) is 2. The van der Waals surface area contributed by atoms with Gasteiger partial charge in [0.1, 0.15) is 17.7 Å². The number of hydrogen-bond acceptors (Lipinski definition) is 5. The van der Waals surface area contributed by atoms with E-state index in [1.54, 1.807) is 27.8 Å². The summed E-state index contributed by atoms with van der Waals surface area (Å²) in [6.07, 6.45) is 3.81. The van der Waals surface area contributed by atoms with Crippen molar-refractivity contribution in [1.82, 2.24) is 9.80 Å². The number of likely N-dealkylation sites (N-methyl/N-ethyl adjacent to an activating group) is 1. The summed E-state index contributed by atoms with van der Waals surface area (Å²) in [5.74, 6) is -0.703. The summed E-state index contributed by atoms with van der Waals surface area (Å²) in [5, 5.41) is 0. The van der Waals surface area contributed by atoms with Crippen molar-refractivity contribution in [3.8, 4) is 0 Å². The summed E-state index contributed by atoms with van der Waals surface area (Å²) in [6.45, 7) is 9.05. The Balaban J connectivity index is 2.28. The van der Waals surface area contributed by atoms with Gasteiger partial charge in [-0.05, 0) is 39.7 Å². The van der Waals surface area contributed by atoms with Crippen molar-refractivity contribution >= 4 is 18.0 Å². The molecule has 1 aliphatic rings. The molecular weight excluding hydrogens is 396 g/mol. The van der Waals surface area contributed by atoms with Crippen molar-refractivity contribution in [1.29, 1.82) is 0 Å². The lowest BCUT2D eigenvalue weighted by molar-refractivity contribution is -0.162. The lowest BCUT2D eigenvalue weighted by Gasteiger charge is -2.34. The number of rotatable bonds is 6. The van der Waals surface area contributed by atoms with Crippen molar-refractivity contribution in [2.24, 2.45) is 0 Å². The van der Waals surface area contributed by atoms with E-state index in [1.165, 1.54) is 16.7 Å². The Labute approximate surface area is 185 Å². The van der Waals surface area contributed by atoms with Gasteiger partial charge in [-0.1, -0.05) is 42.5 Å². The molecule has 1 aromatic carbocycles. The largest absolute Gasteiger partial charge is 0.459 e. The van der Waals surface area contributed by atoms with Crippen molar-refractivity contribution < 1.29 is 23.9 Å². The SMILES string of the molecule is CC=CCC1(C(=O)OCc2ccccc2)C[C@@H](N(C)C(=O)OC(C)(C)C)CN1C(C)=O. The Morgan fingerprint density at radius 2 is 1.87 bits per heavy atom. The summed E-state index contributed by atoms with van der Waals surface area (Å²) in [6, 6.07) is 9.03. The van der Waals surface area contributed by atoms with Crippen molar-refractivity contribution in [3.05, 3.63) is 48.0 Å². The molecule has 1 aromatic rings. The molecule has 1 aliphatic heterocycles. The number of carbonyl (C=O) groups excluding carboxylic acids is 3. The number of hydrogen-bond donors (Lipinski definition) is 0. The second-order valence-corrected chi connectivity index (χ2v) is 8.95. The van der Waals surface area contributed by atoms with Crippen LogP contribution in [0.4, 0.5) is 4.79 Å². The van der Waals surface area contributed by atoms with E-state index in [0.717, 1.165) is 5.56 Å². The second kappa shape index (κ2) is 9.98. The normalized spacial score (nSPS) is 21.2. The maximum atomic E-state index is 13.3. The smallest absolute Gasteiger partial charge is 0.410 e. The van der Waals surface area contributed by atoms with E-state index in [9.17, 15) is 14.4 Å². The fourth-order valence-electron chi connectivity index (χ4n) is 3.76. The molecule has 7 nitrogen and oxygen atoms in total. The van der Waals surface area contributed by atoms with Crippen molar-refractivity contribution in [3.63, 3.8) is 0 Å². The third kappa shape index (κ3) is 6.09. The highest BCUT2D eigenvalue weighted by Gasteiger charge is 2.54. The zero-order valence-corrected chi connectivity index (χ0v) is 19.4. The highest BCUT2D eigenvalue weighted by molar-refractivity contribution is 5.88. The first-order valence-electron chi connectivity index (χ1n) is 10.6. The minimum absolute atomic E-state index is 0.121. The molecule has 1 fully saturated rings. The van der Waals surface area contributed by atoms with Gasteiger partial charge < -0.3 is 19.3 Å². The number of ether oxygens (including phenoxy) is 2. The number of allylic oxidation sites excluding steroid dienone is 1. The molecule has 0 N–H and O–H groups in total. The average Bonchev–Trinajstić information content (AvgIpc) is 3.10. The first kappa shape index (κ1) is 24.4. The van der Waals surface area contributed by atoms with Gasteiger partial charge in [-0.15, -0.1) is 0 Å². The van der Waals surface area contributed by atoms with Crippen LogP contribution in [0.25, 0.3) is 0 Å². The molecule has 0 aliphatic carbocycles. The lowest BCUT2D eigenvalue weighted by atomic mass is 9.90. The fraction of sp³-hybridized carbons (Fsp3) is 0.542. The maximum Gasteiger partial charge on any atom is 0.410 e. The van der Waals surface area contributed by atoms with Gasteiger partial charge in [0.15, 0.2) is 0 Å². The minimum atomic E-state index is -1.17. The van der Waals surface area contributed by atoms with E-state index >= 15 is 0 Å². The van der Waals surface area contributed by atoms with Crippen LogP contribution >= 0.6 is 0 Å². The predicted molar refractivity (Wildman–Crippen MR) is 118 cm³/mol. The quantitative estimate of drug-likeness (QED) is 0.505. The fourth-order valence-corrected chi connectivity index (χ4v) is 3.76. The average molecular weight is 431 g/mol. The van der Waals surface area contributed by atoms with Crippen LogP contribution in [-0.2, 0) is 25.7 Å². The van der Waals surface area contributed by atoms with Gasteiger partial charge in [0.25, 0.3) is 0 Å². The van der Waals surface area contributed by atoms with E-state index in [-0.39, 0.29) is 31.5 Å². The van der Waals surface area contributed by atoms with Crippen LogP contribution in [0, 0.1) is 0 Å². The molecule has 0 spiro atoms. The summed E-state index contributed by atoms with van der Waals surface area (Å²) in [5.41, 5.74) is -0.943. The summed E-state index contributed by atoms with van der Waals surface area (Å²) < 4.78 is 11.1. The van der Waals surface area contributed by atoms with E-state index in [2.05, 4.69) is 0 Å². The molecule has 2 amide bonds. The molecule has 2 atom stereocenters. The van der Waals surface area contributed by atoms with Crippen molar-refractivity contribution in [2.45, 2.75) is 71.2 Å². The van der Waals surface area contributed by atoms with Gasteiger partial charge in [0.05, 0.1) is 6.04 Å². The first-order valence-corrected chi connectivity index (χ1v) is 10.6. The van der Waals surface area contributed by atoms with Crippen molar-refractivity contribution in [2.75, 3.05) is 13.6 Å². The maximum absolute atomic E-state index is 13.3. The van der Waals surface area contributed by atoms with Crippen LogP contribution in [-0.4, -0.2) is 58.5 Å². The highest BCUT2D eigenvalue weighted by atomic mass is 16.6. The third-order valence-electron chi connectivity index (χ3n) is 5.38. The number of esters is 1. The van der Waals surface area contributed by atoms with Crippen LogP contribution in [0.1, 0.15) is 53.0 Å². The molecule has 170 valence electrons. The third-order valence-corrected chi connectivity index (χ3v) is 5.38. The molecule has 7 heteroatoms. The van der Waals surface area contributed by atoms with Gasteiger partial charge in [0.2, 0.25) is 5.91 Å². The minimum Gasteiger partial charge on any atom is -0.459 e. The Morgan fingerprint density at radius 1 is 1.23 bits per heavy atom. The van der Waals surface area contributed by atoms with Gasteiger partial charge in [0, 0.05) is 26.9 Å². The van der Waals surface area contributed by atoms with Gasteiger partial charge in [-0.3, -0.25) is 4.79 Å². The Bertz CT molecular complexity index is 815. The van der Waals surface area contributed by atoms with E-state index in [1.807, 2.05) is 49.4 Å². The van der Waals surface area contributed by atoms with E-state index in [4.69, 9.17) is 9.47 Å². The molecule has 1 saturated heterocycles. The second-order valence-electron chi connectivity index (χ2n) is 8.95. The highest BCUT2D eigenvalue weighted by Crippen LogP contribution is 2.37. The molecule has 0 radical (unpaired) electrons. The van der Waals surface area contributed by atoms with Crippen LogP contribution in [0.5, 0.6) is 0 Å². The molecule has 1 heterocycles. The predicted octanol–water partition coefficient (Wildman–Crippen LogP) is 3.92. The number of likely N-dealkylation sites (tertiary alicyclic amines) is 1. The van der Waals surface area contributed by atoms with E-state index in [0.29, 0.717) is 6.42 Å². The molecule has 0 saturated carbocycles. The molecule has 1 unspecified atom stereocenters. The first-order chi connectivity index (χ1) is 14.5.